The van der Waals surface area contributed by atoms with Crippen molar-refractivity contribution in [2.75, 3.05) is 13.2 Å². The molecule has 5 rings (SSSR count). The highest BCUT2D eigenvalue weighted by Crippen LogP contribution is 2.68. The fraction of sp³-hybridized carbons (Fsp3) is 0.763. The molecule has 8 nitrogen and oxygen atoms in total. The van der Waals surface area contributed by atoms with Crippen LogP contribution in [0.5, 0.6) is 11.5 Å². The molecule has 0 radical (unpaired) electrons. The summed E-state index contributed by atoms with van der Waals surface area (Å²) in [5.74, 6) is 3.11. The highest BCUT2D eigenvalue weighted by Gasteiger charge is 2.62. The lowest BCUT2D eigenvalue weighted by Crippen LogP contribution is -2.57. The summed E-state index contributed by atoms with van der Waals surface area (Å²) in [6.45, 7) is 5.72. The van der Waals surface area contributed by atoms with Gasteiger partial charge >= 0.3 is 11.9 Å². The number of benzene rings is 1. The van der Waals surface area contributed by atoms with Crippen LogP contribution in [-0.4, -0.2) is 52.4 Å². The molecule has 0 heterocycles. The average Bonchev–Trinajstić information content (AvgIpc) is 3.30. The van der Waals surface area contributed by atoms with Gasteiger partial charge in [-0.2, -0.15) is 0 Å². The number of hydrogen-bond donors (Lipinski definition) is 3. The lowest BCUT2D eigenvalue weighted by atomic mass is 9.42. The van der Waals surface area contributed by atoms with Crippen LogP contribution in [0.25, 0.3) is 0 Å². The molecular weight excluding hydrogens is 584 g/mol. The summed E-state index contributed by atoms with van der Waals surface area (Å²) in [4.78, 5) is 34.3. The number of carboxylic acid groups (broad SMARTS) is 2. The van der Waals surface area contributed by atoms with Gasteiger partial charge in [0.15, 0.2) is 0 Å². The topological polar surface area (TPSA) is 130 Å². The molecule has 8 heteroatoms. The number of carbonyl (C=O) groups excluding carboxylic acids is 1. The summed E-state index contributed by atoms with van der Waals surface area (Å²) < 4.78 is 12.1. The number of ketones is 1. The third kappa shape index (κ3) is 7.91. The molecule has 4 aliphatic rings. The Morgan fingerprint density at radius 2 is 1.50 bits per heavy atom. The van der Waals surface area contributed by atoms with E-state index in [9.17, 15) is 19.5 Å². The summed E-state index contributed by atoms with van der Waals surface area (Å²) in [5, 5.41) is 29.1. The van der Waals surface area contributed by atoms with Gasteiger partial charge in [-0.1, -0.05) is 13.8 Å². The van der Waals surface area contributed by atoms with E-state index in [1.165, 1.54) is 6.42 Å². The number of Topliss-reactive ketones (excluding diaryl/α,β-unsaturated/α-hetero) is 1. The van der Waals surface area contributed by atoms with E-state index in [4.69, 9.17) is 19.7 Å². The predicted octanol–water partition coefficient (Wildman–Crippen LogP) is 7.48. The largest absolute Gasteiger partial charge is 0.493 e. The maximum atomic E-state index is 12.5. The maximum absolute atomic E-state index is 12.5. The quantitative estimate of drug-likeness (QED) is 0.159. The van der Waals surface area contributed by atoms with E-state index in [1.54, 1.807) is 0 Å². The number of aliphatic carboxylic acids is 2. The van der Waals surface area contributed by atoms with Crippen LogP contribution < -0.4 is 9.47 Å². The fourth-order valence-electron chi connectivity index (χ4n) is 10.4. The SMILES string of the molecule is CC12CC(CCCc3cc(OCCCCC(=O)O)cc(OCCCCC(=O)O)c3)C3C(CCC4CC(=O)CCC43C)C1CCC2O. The van der Waals surface area contributed by atoms with Gasteiger partial charge in [0.2, 0.25) is 0 Å². The zero-order valence-electron chi connectivity index (χ0n) is 28.0. The zero-order valence-corrected chi connectivity index (χ0v) is 28.0. The summed E-state index contributed by atoms with van der Waals surface area (Å²) in [6.07, 6.45) is 13.4. The first-order valence-electron chi connectivity index (χ1n) is 18.0. The van der Waals surface area contributed by atoms with Gasteiger partial charge in [-0.05, 0) is 142 Å². The van der Waals surface area contributed by atoms with Crippen LogP contribution in [0, 0.1) is 40.4 Å². The highest BCUT2D eigenvalue weighted by atomic mass is 16.5. The number of aryl methyl sites for hydroxylation is 1. The molecule has 1 aromatic rings. The molecule has 46 heavy (non-hydrogen) atoms. The number of rotatable bonds is 16. The van der Waals surface area contributed by atoms with Gasteiger partial charge in [0, 0.05) is 31.7 Å². The summed E-state index contributed by atoms with van der Waals surface area (Å²) in [7, 11) is 0. The number of hydrogen-bond acceptors (Lipinski definition) is 6. The summed E-state index contributed by atoms with van der Waals surface area (Å²) in [5.41, 5.74) is 1.32. The first-order valence-corrected chi connectivity index (χ1v) is 18.0. The Morgan fingerprint density at radius 3 is 2.13 bits per heavy atom. The van der Waals surface area contributed by atoms with Crippen molar-refractivity contribution in [3.8, 4) is 11.5 Å². The monoisotopic (exact) mass is 640 g/mol. The van der Waals surface area contributed by atoms with Crippen molar-refractivity contribution >= 4 is 17.7 Å². The Bertz CT molecular complexity index is 1190. The Hall–Kier alpha value is -2.61. The first kappa shape index (κ1) is 34.7. The molecule has 8 unspecified atom stereocenters. The number of aliphatic hydroxyl groups excluding tert-OH is 1. The number of carbonyl (C=O) groups is 3. The number of carboxylic acids is 2. The molecule has 8 atom stereocenters. The number of ether oxygens (including phenoxy) is 2. The summed E-state index contributed by atoms with van der Waals surface area (Å²) in [6, 6.07) is 6.02. The van der Waals surface area contributed by atoms with Crippen molar-refractivity contribution in [2.24, 2.45) is 40.4 Å². The minimum Gasteiger partial charge on any atom is -0.493 e. The Balaban J connectivity index is 1.27. The highest BCUT2D eigenvalue weighted by molar-refractivity contribution is 5.79. The van der Waals surface area contributed by atoms with Gasteiger partial charge < -0.3 is 24.8 Å². The molecule has 4 aliphatic carbocycles. The van der Waals surface area contributed by atoms with Gasteiger partial charge in [-0.15, -0.1) is 0 Å². The third-order valence-corrected chi connectivity index (χ3v) is 12.6. The standard InChI is InChI=1S/C38H56O8/c1-37-17-16-28(39)22-27(37)12-13-31-32-14-15-33(40)38(32,2)24-26(36(31)37)9-7-8-25-20-29(45-18-5-3-10-34(41)42)23-30(21-25)46-19-6-4-11-35(43)44/h20-21,23,26-27,31-33,36,40H,3-19,22,24H2,1-2H3,(H,41,42)(H,43,44). The second-order valence-corrected chi connectivity index (χ2v) is 15.5. The first-order chi connectivity index (χ1) is 22.0. The van der Waals surface area contributed by atoms with Crippen molar-refractivity contribution in [3.05, 3.63) is 23.8 Å². The molecule has 4 fully saturated rings. The molecule has 0 bridgehead atoms. The van der Waals surface area contributed by atoms with E-state index in [2.05, 4.69) is 26.0 Å². The van der Waals surface area contributed by atoms with Crippen LogP contribution in [0.2, 0.25) is 0 Å². The molecule has 256 valence electrons. The Morgan fingerprint density at radius 1 is 0.848 bits per heavy atom. The molecule has 0 saturated heterocycles. The number of fused-ring (bicyclic) bond motifs is 5. The fourth-order valence-corrected chi connectivity index (χ4v) is 10.4. The Labute approximate surface area is 274 Å². The normalized spacial score (nSPS) is 33.5. The number of unbranched alkanes of at least 4 members (excludes halogenated alkanes) is 2. The maximum Gasteiger partial charge on any atom is 0.303 e. The third-order valence-electron chi connectivity index (χ3n) is 12.6. The van der Waals surface area contributed by atoms with Crippen molar-refractivity contribution < 1.29 is 39.2 Å². The zero-order chi connectivity index (χ0) is 32.9. The van der Waals surface area contributed by atoms with Crippen LogP contribution in [0.1, 0.15) is 122 Å². The molecule has 0 aliphatic heterocycles. The van der Waals surface area contributed by atoms with Gasteiger partial charge in [0.1, 0.15) is 17.3 Å². The van der Waals surface area contributed by atoms with E-state index in [0.717, 1.165) is 69.8 Å². The molecule has 3 N–H and O–H groups in total. The van der Waals surface area contributed by atoms with Gasteiger partial charge in [-0.3, -0.25) is 14.4 Å². The van der Waals surface area contributed by atoms with E-state index in [-0.39, 0.29) is 29.8 Å². The van der Waals surface area contributed by atoms with Crippen LogP contribution in [0.4, 0.5) is 0 Å². The molecular formula is C38H56O8. The molecule has 0 aromatic heterocycles. The van der Waals surface area contributed by atoms with Crippen molar-refractivity contribution in [2.45, 2.75) is 129 Å². The van der Waals surface area contributed by atoms with E-state index >= 15 is 0 Å². The lowest BCUT2D eigenvalue weighted by molar-refractivity contribution is -0.159. The smallest absolute Gasteiger partial charge is 0.303 e. The minimum absolute atomic E-state index is 0.0183. The van der Waals surface area contributed by atoms with Gasteiger partial charge in [-0.25, -0.2) is 0 Å². The van der Waals surface area contributed by atoms with Crippen molar-refractivity contribution in [1.82, 2.24) is 0 Å². The summed E-state index contributed by atoms with van der Waals surface area (Å²) >= 11 is 0. The van der Waals surface area contributed by atoms with E-state index in [1.807, 2.05) is 6.07 Å². The lowest BCUT2D eigenvalue weighted by Gasteiger charge is -2.62. The van der Waals surface area contributed by atoms with Crippen LogP contribution in [0.15, 0.2) is 18.2 Å². The Kier molecular flexibility index (Phi) is 11.4. The van der Waals surface area contributed by atoms with Crippen LogP contribution >= 0.6 is 0 Å². The van der Waals surface area contributed by atoms with Crippen LogP contribution in [-0.2, 0) is 20.8 Å². The molecule has 1 aromatic carbocycles. The molecule has 0 amide bonds. The minimum atomic E-state index is -0.800. The van der Waals surface area contributed by atoms with Crippen molar-refractivity contribution in [1.29, 1.82) is 0 Å². The van der Waals surface area contributed by atoms with E-state index in [0.29, 0.717) is 85.8 Å². The van der Waals surface area contributed by atoms with E-state index < -0.39 is 11.9 Å². The number of aliphatic hydroxyl groups is 1. The average molecular weight is 641 g/mol. The van der Waals surface area contributed by atoms with Crippen molar-refractivity contribution in [3.63, 3.8) is 0 Å². The van der Waals surface area contributed by atoms with Gasteiger partial charge in [0.05, 0.1) is 19.3 Å². The molecule has 0 spiro atoms. The van der Waals surface area contributed by atoms with Crippen LogP contribution in [0.3, 0.4) is 0 Å². The second kappa shape index (κ2) is 15.1. The van der Waals surface area contributed by atoms with Gasteiger partial charge in [0.25, 0.3) is 0 Å². The second-order valence-electron chi connectivity index (χ2n) is 15.5. The molecule has 4 saturated carbocycles. The predicted molar refractivity (Wildman–Crippen MR) is 175 cm³/mol.